The van der Waals surface area contributed by atoms with Crippen LogP contribution in [0.3, 0.4) is 0 Å². The van der Waals surface area contributed by atoms with Crippen LogP contribution in [0.5, 0.6) is 0 Å². The van der Waals surface area contributed by atoms with Crippen molar-refractivity contribution in [3.63, 3.8) is 0 Å². The molecule has 2 aliphatic rings. The largest absolute Gasteiger partial charge is 0.464 e. The fourth-order valence-corrected chi connectivity index (χ4v) is 4.44. The van der Waals surface area contributed by atoms with Crippen LogP contribution in [0.4, 0.5) is 0 Å². The number of rotatable bonds is 6. The third kappa shape index (κ3) is 3.58. The van der Waals surface area contributed by atoms with Gasteiger partial charge in [-0.25, -0.2) is 9.79 Å². The fraction of sp³-hybridized carbons (Fsp3) is 0.250. The summed E-state index contributed by atoms with van der Waals surface area (Å²) in [6, 6.07) is 9.06. The molecule has 0 amide bonds. The van der Waals surface area contributed by atoms with Crippen LogP contribution in [0.15, 0.2) is 63.4 Å². The second kappa shape index (κ2) is 7.16. The maximum Gasteiger partial charge on any atom is 0.358 e. The molecule has 146 valence electrons. The summed E-state index contributed by atoms with van der Waals surface area (Å²) in [5.74, 6) is 0.372. The van der Waals surface area contributed by atoms with E-state index in [1.165, 1.54) is 58.8 Å². The molecule has 1 aromatic carbocycles. The molecule has 5 heteroatoms. The molecule has 2 aromatic heterocycles. The Kier molecular flexibility index (Phi) is 4.47. The summed E-state index contributed by atoms with van der Waals surface area (Å²) >= 11 is 1.71. The number of esters is 1. The van der Waals surface area contributed by atoms with Crippen molar-refractivity contribution in [1.29, 1.82) is 0 Å². The van der Waals surface area contributed by atoms with Gasteiger partial charge in [0, 0.05) is 21.8 Å². The Labute approximate surface area is 173 Å². The van der Waals surface area contributed by atoms with E-state index in [9.17, 15) is 4.79 Å². The fourth-order valence-electron chi connectivity index (χ4n) is 3.80. The van der Waals surface area contributed by atoms with E-state index in [-0.39, 0.29) is 5.97 Å². The number of allylic oxidation sites excluding steroid dienone is 3. The molecule has 5 rings (SSSR count). The normalized spacial score (nSPS) is 17.7. The van der Waals surface area contributed by atoms with E-state index >= 15 is 0 Å². The monoisotopic (exact) mass is 402 g/mol. The topological polar surface area (TPSA) is 54.4 Å². The third-order valence-corrected chi connectivity index (χ3v) is 6.26. The van der Waals surface area contributed by atoms with Crippen molar-refractivity contribution in [2.24, 2.45) is 4.99 Å². The molecular formula is C24H22N2O2S. The zero-order valence-electron chi connectivity index (χ0n) is 16.5. The number of benzene rings is 1. The molecule has 1 N–H and O–H groups in total. The first-order chi connectivity index (χ1) is 14.1. The molecule has 4 nitrogen and oxygen atoms in total. The zero-order chi connectivity index (χ0) is 20.0. The van der Waals surface area contributed by atoms with Crippen LogP contribution in [0.2, 0.25) is 0 Å². The summed E-state index contributed by atoms with van der Waals surface area (Å²) in [7, 11) is 1.37. The minimum Gasteiger partial charge on any atom is -0.464 e. The first-order valence-electron chi connectivity index (χ1n) is 9.86. The highest BCUT2D eigenvalue weighted by atomic mass is 32.1. The van der Waals surface area contributed by atoms with E-state index in [4.69, 9.17) is 4.74 Å². The Morgan fingerprint density at radius 2 is 2.21 bits per heavy atom. The van der Waals surface area contributed by atoms with Crippen LogP contribution in [0, 0.1) is 0 Å². The van der Waals surface area contributed by atoms with Gasteiger partial charge in [0.15, 0.2) is 5.71 Å². The van der Waals surface area contributed by atoms with Gasteiger partial charge in [-0.2, -0.15) is 11.3 Å². The van der Waals surface area contributed by atoms with Gasteiger partial charge < -0.3 is 9.72 Å². The van der Waals surface area contributed by atoms with E-state index in [1.807, 2.05) is 12.2 Å². The number of methoxy groups -OCH3 is 1. The maximum atomic E-state index is 11.5. The Morgan fingerprint density at radius 1 is 1.34 bits per heavy atom. The number of nitrogens with one attached hydrogen (secondary N) is 1. The van der Waals surface area contributed by atoms with Gasteiger partial charge in [-0.05, 0) is 66.8 Å². The molecule has 0 unspecified atom stereocenters. The van der Waals surface area contributed by atoms with E-state index in [0.29, 0.717) is 11.4 Å². The standard InChI is InChI=1S/C24H22N2O2S/c1-14(3-8-20-23(25-20)24(27)28-2)11-19-18-7-6-16(15-4-5-15)12-21(18)26-22(19)17-9-10-29-13-17/h3,6-10,12-13,15,26H,4-5,11H2,1-2H3/b14-3+,20-8-. The number of carbonyl (C=O) groups excluding carboxylic acids is 1. The van der Waals surface area contributed by atoms with Gasteiger partial charge in [0.2, 0.25) is 0 Å². The number of aromatic nitrogens is 1. The van der Waals surface area contributed by atoms with Crippen LogP contribution < -0.4 is 0 Å². The Balaban J connectivity index is 1.47. The van der Waals surface area contributed by atoms with Crippen molar-refractivity contribution in [3.8, 4) is 11.3 Å². The summed E-state index contributed by atoms with van der Waals surface area (Å²) in [5.41, 5.74) is 8.77. The number of nitrogens with zero attached hydrogens (tertiary/aromatic N) is 1. The predicted octanol–water partition coefficient (Wildman–Crippen LogP) is 5.77. The first-order valence-corrected chi connectivity index (χ1v) is 10.8. The van der Waals surface area contributed by atoms with Gasteiger partial charge in [0.25, 0.3) is 0 Å². The lowest BCUT2D eigenvalue weighted by Crippen LogP contribution is -2.05. The number of H-pyrrole nitrogens is 1. The molecule has 1 fully saturated rings. The smallest absolute Gasteiger partial charge is 0.358 e. The summed E-state index contributed by atoms with van der Waals surface area (Å²) in [6.07, 6.45) is 7.39. The zero-order valence-corrected chi connectivity index (χ0v) is 17.3. The average molecular weight is 403 g/mol. The van der Waals surface area contributed by atoms with Crippen molar-refractivity contribution >= 4 is 33.9 Å². The molecule has 3 heterocycles. The van der Waals surface area contributed by atoms with Gasteiger partial charge >= 0.3 is 5.97 Å². The number of carbonyl (C=O) groups is 1. The molecular weight excluding hydrogens is 380 g/mol. The van der Waals surface area contributed by atoms with E-state index < -0.39 is 0 Å². The summed E-state index contributed by atoms with van der Waals surface area (Å²) in [6.45, 7) is 2.12. The number of ether oxygens (including phenoxy) is 1. The SMILES string of the molecule is COC(=O)C1=NC/1=C\C=C(/C)Cc1c(-c2ccsc2)[nH]c2cc(C3CC3)ccc12. The van der Waals surface area contributed by atoms with Crippen molar-refractivity contribution in [1.82, 2.24) is 4.98 Å². The number of thiophene rings is 1. The van der Waals surface area contributed by atoms with Crippen molar-refractivity contribution in [2.75, 3.05) is 7.11 Å². The van der Waals surface area contributed by atoms with E-state index in [0.717, 1.165) is 12.3 Å². The number of fused-ring (bicyclic) bond motifs is 1. The molecule has 3 aromatic rings. The third-order valence-electron chi connectivity index (χ3n) is 5.57. The molecule has 1 aliphatic carbocycles. The van der Waals surface area contributed by atoms with Crippen LogP contribution in [0.1, 0.15) is 36.8 Å². The molecule has 0 bridgehead atoms. The molecule has 0 spiro atoms. The quantitative estimate of drug-likeness (QED) is 0.532. The Hall–Kier alpha value is -2.92. The van der Waals surface area contributed by atoms with Crippen LogP contribution in [-0.2, 0) is 16.0 Å². The minimum atomic E-state index is -0.370. The maximum absolute atomic E-state index is 11.5. The van der Waals surface area contributed by atoms with Crippen molar-refractivity contribution < 1.29 is 9.53 Å². The lowest BCUT2D eigenvalue weighted by Gasteiger charge is -2.05. The molecule has 0 atom stereocenters. The lowest BCUT2D eigenvalue weighted by atomic mass is 9.99. The van der Waals surface area contributed by atoms with Crippen molar-refractivity contribution in [2.45, 2.75) is 32.1 Å². The highest BCUT2D eigenvalue weighted by Crippen LogP contribution is 2.42. The number of aliphatic imine (C=N–C) groups is 1. The molecule has 0 radical (unpaired) electrons. The van der Waals surface area contributed by atoms with Gasteiger partial charge in [-0.3, -0.25) is 0 Å². The summed E-state index contributed by atoms with van der Waals surface area (Å²) in [4.78, 5) is 19.2. The van der Waals surface area contributed by atoms with E-state index in [2.05, 4.69) is 51.9 Å². The molecule has 1 saturated carbocycles. The highest BCUT2D eigenvalue weighted by molar-refractivity contribution is 7.08. The number of hydrogen-bond acceptors (Lipinski definition) is 4. The second-order valence-electron chi connectivity index (χ2n) is 7.76. The van der Waals surface area contributed by atoms with Gasteiger partial charge in [-0.15, -0.1) is 0 Å². The number of aromatic amines is 1. The van der Waals surface area contributed by atoms with Crippen LogP contribution >= 0.6 is 11.3 Å². The molecule has 29 heavy (non-hydrogen) atoms. The summed E-state index contributed by atoms with van der Waals surface area (Å²) < 4.78 is 4.70. The average Bonchev–Trinajstić information content (AvgIpc) is 3.64. The van der Waals surface area contributed by atoms with E-state index in [1.54, 1.807) is 11.3 Å². The minimum absolute atomic E-state index is 0.370. The van der Waals surface area contributed by atoms with Gasteiger partial charge in [0.1, 0.15) is 0 Å². The van der Waals surface area contributed by atoms with Gasteiger partial charge in [-0.1, -0.05) is 23.8 Å². The van der Waals surface area contributed by atoms with Crippen LogP contribution in [0.25, 0.3) is 22.2 Å². The van der Waals surface area contributed by atoms with Gasteiger partial charge in [0.05, 0.1) is 18.5 Å². The predicted molar refractivity (Wildman–Crippen MR) is 119 cm³/mol. The summed E-state index contributed by atoms with van der Waals surface area (Å²) in [5, 5.41) is 5.60. The molecule has 0 saturated heterocycles. The first kappa shape index (κ1) is 18.1. The molecule has 1 aliphatic heterocycles. The Bertz CT molecular complexity index is 1190. The van der Waals surface area contributed by atoms with Crippen molar-refractivity contribution in [3.05, 3.63) is 69.6 Å². The second-order valence-corrected chi connectivity index (χ2v) is 8.54. The Morgan fingerprint density at radius 3 is 2.93 bits per heavy atom. The number of hydrogen-bond donors (Lipinski definition) is 1. The van der Waals surface area contributed by atoms with Crippen LogP contribution in [-0.4, -0.2) is 23.8 Å². The highest BCUT2D eigenvalue weighted by Gasteiger charge is 2.28. The lowest BCUT2D eigenvalue weighted by molar-refractivity contribution is -0.132.